The molecule has 0 unspecified atom stereocenters. The summed E-state index contributed by atoms with van der Waals surface area (Å²) in [7, 11) is 1.49. The molecule has 0 heterocycles. The summed E-state index contributed by atoms with van der Waals surface area (Å²) in [4.78, 5) is 11.7. The number of ether oxygens (including phenoxy) is 1. The van der Waals surface area contributed by atoms with Crippen LogP contribution in [0.25, 0.3) is 0 Å². The highest BCUT2D eigenvalue weighted by Crippen LogP contribution is 2.42. The predicted molar refractivity (Wildman–Crippen MR) is 57.0 cm³/mol. The van der Waals surface area contributed by atoms with Crippen LogP contribution < -0.4 is 0 Å². The first-order valence-corrected chi connectivity index (χ1v) is 5.29. The van der Waals surface area contributed by atoms with E-state index >= 15 is 0 Å². The van der Waals surface area contributed by atoms with Gasteiger partial charge in [0.15, 0.2) is 0 Å². The van der Waals surface area contributed by atoms with E-state index in [0.29, 0.717) is 0 Å². The van der Waals surface area contributed by atoms with Crippen molar-refractivity contribution >= 4 is 5.97 Å². The normalized spacial score (nSPS) is 27.7. The van der Waals surface area contributed by atoms with Crippen molar-refractivity contribution in [3.05, 3.63) is 11.1 Å². The van der Waals surface area contributed by atoms with Crippen molar-refractivity contribution in [2.24, 2.45) is 5.41 Å². The molecule has 0 N–H and O–H groups in total. The number of esters is 1. The average Bonchev–Trinajstić information content (AvgIpc) is 2.21. The standard InChI is InChI=1S/C12H20O2/c1-5-12(11(13)14-4)7-6-9(2)10(3)8-12/h5-8H2,1-4H3/t12-/m1/s1. The van der Waals surface area contributed by atoms with E-state index in [1.807, 2.05) is 0 Å². The van der Waals surface area contributed by atoms with Crippen LogP contribution in [0.2, 0.25) is 0 Å². The minimum Gasteiger partial charge on any atom is -0.469 e. The maximum atomic E-state index is 11.7. The van der Waals surface area contributed by atoms with Crippen molar-refractivity contribution in [1.29, 1.82) is 0 Å². The molecule has 0 aliphatic heterocycles. The third kappa shape index (κ3) is 1.84. The maximum absolute atomic E-state index is 11.7. The summed E-state index contributed by atoms with van der Waals surface area (Å²) >= 11 is 0. The fourth-order valence-electron chi connectivity index (χ4n) is 2.22. The van der Waals surface area contributed by atoms with E-state index in [1.165, 1.54) is 18.3 Å². The van der Waals surface area contributed by atoms with Crippen molar-refractivity contribution in [2.45, 2.75) is 46.5 Å². The van der Waals surface area contributed by atoms with Crippen LogP contribution in [0.4, 0.5) is 0 Å². The van der Waals surface area contributed by atoms with Crippen LogP contribution in [-0.2, 0) is 9.53 Å². The Labute approximate surface area is 86.3 Å². The van der Waals surface area contributed by atoms with Crippen molar-refractivity contribution in [1.82, 2.24) is 0 Å². The molecule has 0 amide bonds. The van der Waals surface area contributed by atoms with Gasteiger partial charge >= 0.3 is 5.97 Å². The van der Waals surface area contributed by atoms with Gasteiger partial charge in [-0.15, -0.1) is 0 Å². The molecule has 0 radical (unpaired) electrons. The molecule has 1 rings (SSSR count). The highest BCUT2D eigenvalue weighted by atomic mass is 16.5. The Morgan fingerprint density at radius 3 is 2.50 bits per heavy atom. The number of hydrogen-bond donors (Lipinski definition) is 0. The summed E-state index contributed by atoms with van der Waals surface area (Å²) in [5.74, 6) is -0.0353. The van der Waals surface area contributed by atoms with Gasteiger partial charge in [0, 0.05) is 0 Å². The lowest BCUT2D eigenvalue weighted by atomic mass is 9.70. The van der Waals surface area contributed by atoms with Crippen LogP contribution in [0.3, 0.4) is 0 Å². The second-order valence-corrected chi connectivity index (χ2v) is 4.36. The Bertz CT molecular complexity index is 265. The van der Waals surface area contributed by atoms with E-state index in [0.717, 1.165) is 25.7 Å². The molecule has 0 spiro atoms. The van der Waals surface area contributed by atoms with E-state index < -0.39 is 0 Å². The molecule has 1 aliphatic carbocycles. The zero-order valence-electron chi connectivity index (χ0n) is 9.64. The van der Waals surface area contributed by atoms with E-state index in [4.69, 9.17) is 4.74 Å². The summed E-state index contributed by atoms with van der Waals surface area (Å²) in [5, 5.41) is 0. The summed E-state index contributed by atoms with van der Waals surface area (Å²) < 4.78 is 4.91. The van der Waals surface area contributed by atoms with Crippen molar-refractivity contribution in [3.8, 4) is 0 Å². The molecule has 0 saturated heterocycles. The highest BCUT2D eigenvalue weighted by Gasteiger charge is 2.39. The van der Waals surface area contributed by atoms with Gasteiger partial charge in [0.1, 0.15) is 0 Å². The van der Waals surface area contributed by atoms with Gasteiger partial charge < -0.3 is 4.74 Å². The number of carbonyl (C=O) groups is 1. The van der Waals surface area contributed by atoms with Crippen LogP contribution in [0.5, 0.6) is 0 Å². The van der Waals surface area contributed by atoms with Crippen LogP contribution in [0.15, 0.2) is 11.1 Å². The largest absolute Gasteiger partial charge is 0.469 e. The van der Waals surface area contributed by atoms with Gasteiger partial charge in [-0.05, 0) is 39.5 Å². The second-order valence-electron chi connectivity index (χ2n) is 4.36. The lowest BCUT2D eigenvalue weighted by Gasteiger charge is -2.34. The van der Waals surface area contributed by atoms with Gasteiger partial charge in [0.2, 0.25) is 0 Å². The Balaban J connectivity index is 2.90. The average molecular weight is 196 g/mol. The molecule has 14 heavy (non-hydrogen) atoms. The first kappa shape index (κ1) is 11.3. The van der Waals surface area contributed by atoms with Gasteiger partial charge in [0.05, 0.1) is 12.5 Å². The zero-order chi connectivity index (χ0) is 10.8. The molecular formula is C12H20O2. The fraction of sp³-hybridized carbons (Fsp3) is 0.750. The van der Waals surface area contributed by atoms with Crippen molar-refractivity contribution in [2.75, 3.05) is 7.11 Å². The van der Waals surface area contributed by atoms with Crippen LogP contribution >= 0.6 is 0 Å². The molecule has 0 aromatic rings. The van der Waals surface area contributed by atoms with Gasteiger partial charge in [-0.3, -0.25) is 4.79 Å². The third-order valence-electron chi connectivity index (χ3n) is 3.61. The zero-order valence-corrected chi connectivity index (χ0v) is 9.64. The topological polar surface area (TPSA) is 26.3 Å². The molecule has 80 valence electrons. The molecule has 0 aromatic heterocycles. The molecule has 0 aromatic carbocycles. The van der Waals surface area contributed by atoms with Gasteiger partial charge in [-0.2, -0.15) is 0 Å². The quantitative estimate of drug-likeness (QED) is 0.501. The number of allylic oxidation sites excluding steroid dienone is 2. The highest BCUT2D eigenvalue weighted by molar-refractivity contribution is 5.77. The number of rotatable bonds is 2. The number of hydrogen-bond acceptors (Lipinski definition) is 2. The van der Waals surface area contributed by atoms with E-state index in [2.05, 4.69) is 20.8 Å². The van der Waals surface area contributed by atoms with Gasteiger partial charge in [-0.25, -0.2) is 0 Å². The van der Waals surface area contributed by atoms with Crippen LogP contribution in [0, 0.1) is 5.41 Å². The second kappa shape index (κ2) is 4.16. The molecule has 2 nitrogen and oxygen atoms in total. The molecule has 0 bridgehead atoms. The molecular weight excluding hydrogens is 176 g/mol. The number of carbonyl (C=O) groups excluding carboxylic acids is 1. The van der Waals surface area contributed by atoms with Crippen LogP contribution in [0.1, 0.15) is 46.5 Å². The van der Waals surface area contributed by atoms with Crippen molar-refractivity contribution < 1.29 is 9.53 Å². The minimum atomic E-state index is -0.238. The summed E-state index contributed by atoms with van der Waals surface area (Å²) in [5.41, 5.74) is 2.57. The Kier molecular flexibility index (Phi) is 3.35. The fourth-order valence-corrected chi connectivity index (χ4v) is 2.22. The van der Waals surface area contributed by atoms with Crippen molar-refractivity contribution in [3.63, 3.8) is 0 Å². The van der Waals surface area contributed by atoms with Gasteiger partial charge in [0.25, 0.3) is 0 Å². The molecule has 2 heteroatoms. The third-order valence-corrected chi connectivity index (χ3v) is 3.61. The molecule has 1 atom stereocenters. The van der Waals surface area contributed by atoms with Gasteiger partial charge in [-0.1, -0.05) is 18.1 Å². The summed E-state index contributed by atoms with van der Waals surface area (Å²) in [6.07, 6.45) is 3.74. The lowest BCUT2D eigenvalue weighted by Crippen LogP contribution is -2.34. The predicted octanol–water partition coefficient (Wildman–Crippen LogP) is 3.08. The Hall–Kier alpha value is -0.790. The Morgan fingerprint density at radius 1 is 1.43 bits per heavy atom. The summed E-state index contributed by atoms with van der Waals surface area (Å²) in [6.45, 7) is 6.36. The first-order chi connectivity index (χ1) is 6.55. The van der Waals surface area contributed by atoms with E-state index in [-0.39, 0.29) is 11.4 Å². The molecule has 1 aliphatic rings. The van der Waals surface area contributed by atoms with E-state index in [9.17, 15) is 4.79 Å². The van der Waals surface area contributed by atoms with Crippen LogP contribution in [-0.4, -0.2) is 13.1 Å². The SMILES string of the molecule is CC[C@@]1(C(=O)OC)CCC(C)=C(C)C1. The minimum absolute atomic E-state index is 0.0353. The molecule has 0 fully saturated rings. The smallest absolute Gasteiger partial charge is 0.312 e. The Morgan fingerprint density at radius 2 is 2.07 bits per heavy atom. The maximum Gasteiger partial charge on any atom is 0.312 e. The van der Waals surface area contributed by atoms with E-state index in [1.54, 1.807) is 0 Å². The monoisotopic (exact) mass is 196 g/mol. The first-order valence-electron chi connectivity index (χ1n) is 5.29. The number of methoxy groups -OCH3 is 1. The lowest BCUT2D eigenvalue weighted by molar-refractivity contribution is -0.153. The molecule has 0 saturated carbocycles. The summed E-state index contributed by atoms with van der Waals surface area (Å²) in [6, 6.07) is 0.